The highest BCUT2D eigenvalue weighted by Gasteiger charge is 2.25. The Morgan fingerprint density at radius 2 is 1.88 bits per heavy atom. The van der Waals surface area contributed by atoms with Gasteiger partial charge in [0.15, 0.2) is 0 Å². The molecule has 0 radical (unpaired) electrons. The maximum absolute atomic E-state index is 12.8. The molecule has 0 bridgehead atoms. The Morgan fingerprint density at radius 3 is 2.58 bits per heavy atom. The Hall–Kier alpha value is -2.84. The average Bonchev–Trinajstić information content (AvgIpc) is 3.46. The van der Waals surface area contributed by atoms with Crippen LogP contribution in [0, 0.1) is 6.92 Å². The van der Waals surface area contributed by atoms with Gasteiger partial charge in [0.05, 0.1) is 24.1 Å². The van der Waals surface area contributed by atoms with Gasteiger partial charge < -0.3 is 24.1 Å². The molecule has 1 fully saturated rings. The molecule has 1 N–H and O–H groups in total. The summed E-state index contributed by atoms with van der Waals surface area (Å²) in [4.78, 5) is 17.6. The van der Waals surface area contributed by atoms with Crippen molar-refractivity contribution < 1.29 is 19.0 Å². The summed E-state index contributed by atoms with van der Waals surface area (Å²) in [5, 5.41) is 5.76. The molecule has 0 atom stereocenters. The first kappa shape index (κ1) is 23.3. The van der Waals surface area contributed by atoms with Gasteiger partial charge >= 0.3 is 0 Å². The standard InChI is InChI=1S/C25H31N3O4S/c1-17-21(25(29)26-16-30-2)13-23(28(17)18-7-5-4-6-8-18)22-15-33-24(27-22)14-32-20-11-9-19(31-3)10-12-20/h9-13,15,18H,4-8,14,16H2,1-3H3,(H,26,29). The molecule has 7 nitrogen and oxygen atoms in total. The summed E-state index contributed by atoms with van der Waals surface area (Å²) in [6.45, 7) is 2.60. The number of rotatable bonds is 9. The average molecular weight is 470 g/mol. The van der Waals surface area contributed by atoms with E-state index in [0.29, 0.717) is 18.2 Å². The maximum atomic E-state index is 12.8. The normalized spacial score (nSPS) is 14.3. The summed E-state index contributed by atoms with van der Waals surface area (Å²) >= 11 is 1.57. The Bertz CT molecular complexity index is 1070. The predicted molar refractivity (Wildman–Crippen MR) is 129 cm³/mol. The number of nitrogens with zero attached hydrogens (tertiary/aromatic N) is 2. The number of carbonyl (C=O) groups is 1. The molecule has 2 aromatic heterocycles. The van der Waals surface area contributed by atoms with Crippen LogP contribution in [0.15, 0.2) is 35.7 Å². The van der Waals surface area contributed by atoms with Gasteiger partial charge in [0, 0.05) is 24.2 Å². The Kier molecular flexibility index (Phi) is 7.67. The van der Waals surface area contributed by atoms with Crippen molar-refractivity contribution in [1.82, 2.24) is 14.9 Å². The number of methoxy groups -OCH3 is 2. The number of ether oxygens (including phenoxy) is 3. The van der Waals surface area contributed by atoms with E-state index in [1.54, 1.807) is 25.6 Å². The van der Waals surface area contributed by atoms with Crippen LogP contribution in [0.5, 0.6) is 11.5 Å². The van der Waals surface area contributed by atoms with Gasteiger partial charge in [-0.2, -0.15) is 0 Å². The lowest BCUT2D eigenvalue weighted by atomic mass is 9.95. The van der Waals surface area contributed by atoms with Gasteiger partial charge in [-0.05, 0) is 50.1 Å². The number of hydrogen-bond acceptors (Lipinski definition) is 6. The Balaban J connectivity index is 1.57. The van der Waals surface area contributed by atoms with Crippen molar-refractivity contribution in [3.63, 3.8) is 0 Å². The molecular formula is C25H31N3O4S. The Morgan fingerprint density at radius 1 is 1.15 bits per heavy atom. The van der Waals surface area contributed by atoms with Crippen LogP contribution in [0.2, 0.25) is 0 Å². The SMILES string of the molecule is COCNC(=O)c1cc(-c2csc(COc3ccc(OC)cc3)n2)n(C2CCCCC2)c1C. The van der Waals surface area contributed by atoms with E-state index in [9.17, 15) is 4.79 Å². The van der Waals surface area contributed by atoms with Crippen molar-refractivity contribution in [2.24, 2.45) is 0 Å². The lowest BCUT2D eigenvalue weighted by Gasteiger charge is -2.26. The molecule has 0 saturated heterocycles. The van der Waals surface area contributed by atoms with Crippen LogP contribution in [0.25, 0.3) is 11.4 Å². The van der Waals surface area contributed by atoms with Crippen molar-refractivity contribution in [3.05, 3.63) is 52.0 Å². The molecule has 1 aliphatic rings. The molecule has 2 heterocycles. The lowest BCUT2D eigenvalue weighted by molar-refractivity contribution is 0.0871. The van der Waals surface area contributed by atoms with Crippen LogP contribution in [0.4, 0.5) is 0 Å². The van der Waals surface area contributed by atoms with E-state index in [-0.39, 0.29) is 12.6 Å². The molecule has 1 amide bonds. The van der Waals surface area contributed by atoms with Gasteiger partial charge in [0.2, 0.25) is 0 Å². The molecule has 0 aliphatic heterocycles. The third-order valence-corrected chi connectivity index (χ3v) is 6.91. The minimum Gasteiger partial charge on any atom is -0.497 e. The predicted octanol–water partition coefficient (Wildman–Crippen LogP) is 5.35. The van der Waals surface area contributed by atoms with Gasteiger partial charge in [-0.15, -0.1) is 11.3 Å². The first-order valence-corrected chi connectivity index (χ1v) is 12.2. The second-order valence-corrected chi connectivity index (χ2v) is 9.16. The van der Waals surface area contributed by atoms with Crippen LogP contribution in [-0.4, -0.2) is 36.4 Å². The minimum atomic E-state index is -0.122. The van der Waals surface area contributed by atoms with Crippen LogP contribution >= 0.6 is 11.3 Å². The van der Waals surface area contributed by atoms with Crippen LogP contribution in [-0.2, 0) is 11.3 Å². The fourth-order valence-corrected chi connectivity index (χ4v) is 5.10. The van der Waals surface area contributed by atoms with E-state index < -0.39 is 0 Å². The number of nitrogens with one attached hydrogen (secondary N) is 1. The minimum absolute atomic E-state index is 0.122. The highest BCUT2D eigenvalue weighted by molar-refractivity contribution is 7.09. The number of hydrogen-bond donors (Lipinski definition) is 1. The van der Waals surface area contributed by atoms with E-state index >= 15 is 0 Å². The third-order valence-electron chi connectivity index (χ3n) is 6.09. The first-order valence-electron chi connectivity index (χ1n) is 11.3. The summed E-state index contributed by atoms with van der Waals surface area (Å²) in [6.07, 6.45) is 5.95. The van der Waals surface area contributed by atoms with Gasteiger partial charge in [-0.3, -0.25) is 4.79 Å². The van der Waals surface area contributed by atoms with E-state index in [2.05, 4.69) is 15.3 Å². The highest BCUT2D eigenvalue weighted by Crippen LogP contribution is 2.36. The van der Waals surface area contributed by atoms with Crippen molar-refractivity contribution in [1.29, 1.82) is 0 Å². The maximum Gasteiger partial charge on any atom is 0.254 e. The zero-order valence-corrected chi connectivity index (χ0v) is 20.2. The van der Waals surface area contributed by atoms with Crippen molar-refractivity contribution in [2.75, 3.05) is 21.0 Å². The largest absolute Gasteiger partial charge is 0.497 e. The number of benzene rings is 1. The van der Waals surface area contributed by atoms with Crippen LogP contribution < -0.4 is 14.8 Å². The smallest absolute Gasteiger partial charge is 0.254 e. The van der Waals surface area contributed by atoms with Crippen molar-refractivity contribution in [2.45, 2.75) is 51.7 Å². The first-order chi connectivity index (χ1) is 16.1. The quantitative estimate of drug-likeness (QED) is 0.428. The molecule has 8 heteroatoms. The zero-order valence-electron chi connectivity index (χ0n) is 19.4. The molecule has 0 unspecified atom stereocenters. The van der Waals surface area contributed by atoms with Crippen LogP contribution in [0.3, 0.4) is 0 Å². The second kappa shape index (κ2) is 10.9. The number of amides is 1. The summed E-state index contributed by atoms with van der Waals surface area (Å²) in [6, 6.07) is 9.87. The van der Waals surface area contributed by atoms with Crippen LogP contribution in [0.1, 0.15) is 59.2 Å². The van der Waals surface area contributed by atoms with E-state index in [0.717, 1.165) is 46.4 Å². The molecule has 0 spiro atoms. The zero-order chi connectivity index (χ0) is 23.2. The molecule has 3 aromatic rings. The number of carbonyl (C=O) groups excluding carboxylic acids is 1. The Labute approximate surface area is 198 Å². The van der Waals surface area contributed by atoms with Gasteiger partial charge in [0.1, 0.15) is 29.8 Å². The summed E-state index contributed by atoms with van der Waals surface area (Å²) in [7, 11) is 3.21. The van der Waals surface area contributed by atoms with E-state index in [4.69, 9.17) is 19.2 Å². The fraction of sp³-hybridized carbons (Fsp3) is 0.440. The van der Waals surface area contributed by atoms with Crippen molar-refractivity contribution >= 4 is 17.2 Å². The fourth-order valence-electron chi connectivity index (χ4n) is 4.40. The van der Waals surface area contributed by atoms with E-state index in [1.807, 2.05) is 37.3 Å². The molecule has 33 heavy (non-hydrogen) atoms. The third kappa shape index (κ3) is 5.39. The molecule has 176 valence electrons. The summed E-state index contributed by atoms with van der Waals surface area (Å²) in [5.41, 5.74) is 3.54. The molecule has 1 aliphatic carbocycles. The van der Waals surface area contributed by atoms with Gasteiger partial charge in [0.25, 0.3) is 5.91 Å². The van der Waals surface area contributed by atoms with Crippen molar-refractivity contribution in [3.8, 4) is 22.9 Å². The second-order valence-electron chi connectivity index (χ2n) is 8.22. The molecule has 1 aromatic carbocycles. The summed E-state index contributed by atoms with van der Waals surface area (Å²) < 4.78 is 18.4. The monoisotopic (exact) mass is 469 g/mol. The number of aromatic nitrogens is 2. The van der Waals surface area contributed by atoms with Gasteiger partial charge in [-0.25, -0.2) is 4.98 Å². The molecule has 1 saturated carbocycles. The topological polar surface area (TPSA) is 74.6 Å². The van der Waals surface area contributed by atoms with E-state index in [1.165, 1.54) is 19.3 Å². The molecular weight excluding hydrogens is 438 g/mol. The lowest BCUT2D eigenvalue weighted by Crippen LogP contribution is -2.26. The highest BCUT2D eigenvalue weighted by atomic mass is 32.1. The van der Waals surface area contributed by atoms with Gasteiger partial charge in [-0.1, -0.05) is 19.3 Å². The molecule has 4 rings (SSSR count). The number of thiazole rings is 1. The summed E-state index contributed by atoms with van der Waals surface area (Å²) in [5.74, 6) is 1.44.